The van der Waals surface area contributed by atoms with Gasteiger partial charge in [-0.1, -0.05) is 64.0 Å². The number of aromatic nitrogens is 4. The molecule has 0 saturated carbocycles. The van der Waals surface area contributed by atoms with E-state index in [1.165, 1.54) is 6.07 Å². The summed E-state index contributed by atoms with van der Waals surface area (Å²) in [5, 5.41) is 15.9. The van der Waals surface area contributed by atoms with Crippen LogP contribution in [-0.2, 0) is 20.6 Å². The average Bonchev–Trinajstić information content (AvgIpc) is 4.02. The quantitative estimate of drug-likeness (QED) is 0.0303. The molecule has 3 aromatic heterocycles. The number of carbonyl (C=O) groups is 4. The van der Waals surface area contributed by atoms with Crippen LogP contribution in [0.25, 0.3) is 28.2 Å². The number of amides is 4. The van der Waals surface area contributed by atoms with Crippen LogP contribution >= 0.6 is 0 Å². The van der Waals surface area contributed by atoms with Crippen molar-refractivity contribution in [2.45, 2.75) is 103 Å². The fourth-order valence-electron chi connectivity index (χ4n) is 9.07. The zero-order valence-corrected chi connectivity index (χ0v) is 39.4. The number of hydrogen-bond acceptors (Lipinski definition) is 10. The molecule has 368 valence electrons. The Balaban J connectivity index is 0.00000386. The number of rotatable bonds is 19. The Bertz CT molecular complexity index is 2560. The number of anilines is 3. The largest absolute Gasteiger partial charge is 0.416 e. The van der Waals surface area contributed by atoms with Crippen molar-refractivity contribution in [2.24, 2.45) is 5.92 Å². The summed E-state index contributed by atoms with van der Waals surface area (Å²) in [5.41, 5.74) is 9.36. The van der Waals surface area contributed by atoms with E-state index in [4.69, 9.17) is 5.73 Å². The summed E-state index contributed by atoms with van der Waals surface area (Å²) in [6.07, 6.45) is 10.8. The second-order valence-electron chi connectivity index (χ2n) is 17.2. The molecule has 2 aliphatic heterocycles. The Labute approximate surface area is 399 Å². The molecular formula is C51H62F4N10O4. The van der Waals surface area contributed by atoms with E-state index < -0.39 is 29.5 Å². The van der Waals surface area contributed by atoms with Gasteiger partial charge in [0.25, 0.3) is 5.91 Å². The highest BCUT2D eigenvalue weighted by atomic mass is 19.4. The third kappa shape index (κ3) is 13.3. The van der Waals surface area contributed by atoms with Crippen molar-refractivity contribution in [3.8, 4) is 11.3 Å². The predicted octanol–water partition coefficient (Wildman–Crippen LogP) is 9.27. The molecule has 2 aromatic carbocycles. The summed E-state index contributed by atoms with van der Waals surface area (Å²) in [5.74, 6) is -1.46. The van der Waals surface area contributed by atoms with E-state index in [1.54, 1.807) is 42.6 Å². The zero-order chi connectivity index (χ0) is 49.5. The number of imide groups is 1. The summed E-state index contributed by atoms with van der Waals surface area (Å²) < 4.78 is 54.7. The van der Waals surface area contributed by atoms with Crippen molar-refractivity contribution >= 4 is 58.4 Å². The smallest absolute Gasteiger partial charge is 0.383 e. The van der Waals surface area contributed by atoms with Crippen LogP contribution in [0.2, 0.25) is 0 Å². The van der Waals surface area contributed by atoms with Gasteiger partial charge < -0.3 is 21.3 Å². The lowest BCUT2D eigenvalue weighted by molar-refractivity contribution is -0.137. The van der Waals surface area contributed by atoms with Crippen LogP contribution in [0.5, 0.6) is 0 Å². The number of benzene rings is 2. The number of fused-ring (bicyclic) bond motifs is 1. The molecule has 5 heterocycles. The van der Waals surface area contributed by atoms with Crippen LogP contribution in [0.1, 0.15) is 118 Å². The van der Waals surface area contributed by atoms with E-state index in [-0.39, 0.29) is 35.0 Å². The third-order valence-electron chi connectivity index (χ3n) is 12.6. The number of piperidine rings is 1. The Hall–Kier alpha value is -6.69. The molecule has 2 atom stereocenters. The Morgan fingerprint density at radius 3 is 2.45 bits per heavy atom. The van der Waals surface area contributed by atoms with E-state index in [9.17, 15) is 32.3 Å². The van der Waals surface area contributed by atoms with Crippen molar-refractivity contribution in [2.75, 3.05) is 48.7 Å². The Morgan fingerprint density at radius 2 is 1.74 bits per heavy atom. The maximum Gasteiger partial charge on any atom is 0.416 e. The van der Waals surface area contributed by atoms with Crippen LogP contribution in [-0.4, -0.2) is 88.0 Å². The van der Waals surface area contributed by atoms with Gasteiger partial charge in [0, 0.05) is 55.3 Å². The lowest BCUT2D eigenvalue weighted by atomic mass is 9.92. The molecule has 0 aliphatic carbocycles. The molecule has 6 N–H and O–H groups in total. The van der Waals surface area contributed by atoms with Crippen molar-refractivity contribution in [3.63, 3.8) is 0 Å². The number of halogens is 4. The van der Waals surface area contributed by atoms with Crippen LogP contribution in [0.3, 0.4) is 0 Å². The highest BCUT2D eigenvalue weighted by molar-refractivity contribution is 6.05. The topological polar surface area (TPSA) is 191 Å². The first-order valence-corrected chi connectivity index (χ1v) is 23.9. The molecule has 69 heavy (non-hydrogen) atoms. The second-order valence-corrected chi connectivity index (χ2v) is 17.2. The van der Waals surface area contributed by atoms with E-state index in [0.29, 0.717) is 71.8 Å². The number of aromatic amines is 1. The minimum absolute atomic E-state index is 0.0754. The summed E-state index contributed by atoms with van der Waals surface area (Å²) in [7, 11) is 0. The van der Waals surface area contributed by atoms with E-state index >= 15 is 4.39 Å². The summed E-state index contributed by atoms with van der Waals surface area (Å²) in [6.45, 7) is 9.68. The fourth-order valence-corrected chi connectivity index (χ4v) is 9.07. The number of H-pyrrole nitrogens is 1. The van der Waals surface area contributed by atoms with Gasteiger partial charge in [-0.25, -0.2) is 14.4 Å². The molecule has 4 amide bonds. The van der Waals surface area contributed by atoms with Crippen molar-refractivity contribution in [1.82, 2.24) is 35.7 Å². The number of nitrogens with two attached hydrogens (primary N) is 1. The number of hydrogen-bond donors (Lipinski definition) is 5. The fraction of sp³-hybridized carbons (Fsp3) is 0.431. The lowest BCUT2D eigenvalue weighted by Gasteiger charge is -2.36. The first-order valence-electron chi connectivity index (χ1n) is 23.9. The zero-order valence-electron chi connectivity index (χ0n) is 39.4. The van der Waals surface area contributed by atoms with Gasteiger partial charge in [-0.15, -0.1) is 0 Å². The van der Waals surface area contributed by atoms with Gasteiger partial charge in [-0.3, -0.25) is 34.5 Å². The number of unbranched alkanes of at least 4 members (excludes halogenated alkanes) is 3. The number of nitrogens with zero attached hydrogens (tertiary/aromatic N) is 5. The number of pyridine rings is 2. The number of alkyl halides is 3. The average molecular weight is 955 g/mol. The maximum atomic E-state index is 15.4. The van der Waals surface area contributed by atoms with Crippen LogP contribution < -0.4 is 26.6 Å². The number of nitrogens with one attached hydrogen (secondary N) is 4. The van der Waals surface area contributed by atoms with Crippen molar-refractivity contribution in [3.05, 3.63) is 101 Å². The maximum absolute atomic E-state index is 15.4. The molecular weight excluding hydrogens is 893 g/mol. The van der Waals surface area contributed by atoms with E-state index in [2.05, 4.69) is 52.0 Å². The number of likely N-dealkylation sites (tertiary alicyclic amines) is 1. The first kappa shape index (κ1) is 51.7. The molecule has 18 heteroatoms. The van der Waals surface area contributed by atoms with Gasteiger partial charge in [0.1, 0.15) is 23.0 Å². The molecule has 2 saturated heterocycles. The second kappa shape index (κ2) is 24.5. The van der Waals surface area contributed by atoms with E-state index in [1.807, 2.05) is 26.8 Å². The molecule has 2 aliphatic rings. The Morgan fingerprint density at radius 1 is 0.971 bits per heavy atom. The molecule has 0 spiro atoms. The van der Waals surface area contributed by atoms with Gasteiger partial charge in [0.05, 0.1) is 34.3 Å². The van der Waals surface area contributed by atoms with Crippen molar-refractivity contribution in [1.29, 1.82) is 0 Å². The molecule has 14 nitrogen and oxygen atoms in total. The Kier molecular flexibility index (Phi) is 18.4. The highest BCUT2D eigenvalue weighted by Gasteiger charge is 2.34. The van der Waals surface area contributed by atoms with Crippen molar-refractivity contribution < 1.29 is 36.7 Å². The van der Waals surface area contributed by atoms with Gasteiger partial charge in [-0.05, 0) is 106 Å². The van der Waals surface area contributed by atoms with Gasteiger partial charge >= 0.3 is 6.18 Å². The summed E-state index contributed by atoms with van der Waals surface area (Å²) >= 11 is 0. The standard InChI is InChI=1S/C49H56F4N10O4.C2H6/c1-2-9-37(47(66)58-30-64)34-16-17-39(38(50)26-34)62-24-19-31(20-25-62)29-63-23-8-11-40(63)48(67)56-21-7-5-3-4-6-10-35-28-57-45(54)42-43(60-61-44(35)42)32-12-14-33(15-13-32)46(65)59-41-27-36(18-22-55-41)49(51,52)53;1-2/h6,10,12-18,22,26-28,30-31,37,40H,2-5,7-9,11,19-21,23-25,29H2,1H3,(H2,54,57)(H,56,67)(H,60,61)(H,55,59,65)(H,58,64,66);1-2H3/b10-6+;. The molecule has 0 bridgehead atoms. The summed E-state index contributed by atoms with van der Waals surface area (Å²) in [6, 6.07) is 12.9. The minimum Gasteiger partial charge on any atom is -0.383 e. The number of allylic oxidation sites excluding steroid dienone is 1. The van der Waals surface area contributed by atoms with Crippen LogP contribution in [0.15, 0.2) is 73.1 Å². The molecule has 5 aromatic rings. The monoisotopic (exact) mass is 954 g/mol. The molecule has 7 rings (SSSR count). The van der Waals surface area contributed by atoms with E-state index in [0.717, 1.165) is 94.8 Å². The molecule has 2 fully saturated rings. The normalized spacial score (nSPS) is 16.0. The lowest BCUT2D eigenvalue weighted by Crippen LogP contribution is -2.46. The highest BCUT2D eigenvalue weighted by Crippen LogP contribution is 2.34. The minimum atomic E-state index is -4.57. The molecule has 2 unspecified atom stereocenters. The van der Waals surface area contributed by atoms with Crippen LogP contribution in [0.4, 0.5) is 34.9 Å². The summed E-state index contributed by atoms with van der Waals surface area (Å²) in [4.78, 5) is 61.9. The van der Waals surface area contributed by atoms with Gasteiger partial charge in [0.15, 0.2) is 0 Å². The SMILES string of the molecule is CC.CCCC(C(=O)NC=O)c1ccc(N2CCC(CN3CCCC3C(=O)NCCCCC/C=C/c3cnc(N)c4c(-c5ccc(C(=O)Nc6cc(C(F)(F)F)ccn6)cc5)[nH]nc34)CC2)c(F)c1. The van der Waals surface area contributed by atoms with Gasteiger partial charge in [-0.2, -0.15) is 18.3 Å². The molecule has 0 radical (unpaired) electrons. The first-order chi connectivity index (χ1) is 33.3. The van der Waals surface area contributed by atoms with Crippen LogP contribution in [0, 0.1) is 11.7 Å². The predicted molar refractivity (Wildman–Crippen MR) is 261 cm³/mol. The third-order valence-corrected chi connectivity index (χ3v) is 12.6. The van der Waals surface area contributed by atoms with Gasteiger partial charge in [0.2, 0.25) is 18.2 Å². The number of carbonyl (C=O) groups excluding carboxylic acids is 4. The number of nitrogen functional groups attached to an aromatic ring is 1.